The Bertz CT molecular complexity index is 868. The zero-order valence-electron chi connectivity index (χ0n) is 14.1. The standard InChI is InChI=1S/C17H16F3N3O3/c1-9-13(15(24)25)21-16(26-2)22-14(9)23-6-5-10-3-4-12(17(18,19)20)7-11(10)8-23/h3-4,7H,5-6,8H2,1-2H3,(H,24,25). The van der Waals surface area contributed by atoms with E-state index in [0.29, 0.717) is 29.9 Å². The van der Waals surface area contributed by atoms with Crippen LogP contribution in [0.2, 0.25) is 0 Å². The summed E-state index contributed by atoms with van der Waals surface area (Å²) in [6.07, 6.45) is -3.89. The Labute approximate surface area is 147 Å². The second-order valence-electron chi connectivity index (χ2n) is 5.97. The van der Waals surface area contributed by atoms with E-state index in [1.165, 1.54) is 13.2 Å². The van der Waals surface area contributed by atoms with Crippen LogP contribution in [-0.4, -0.2) is 34.7 Å². The van der Waals surface area contributed by atoms with Crippen molar-refractivity contribution in [2.24, 2.45) is 0 Å². The lowest BCUT2D eigenvalue weighted by molar-refractivity contribution is -0.137. The van der Waals surface area contributed by atoms with Crippen LogP contribution in [0.3, 0.4) is 0 Å². The molecular formula is C17H16F3N3O3. The Kier molecular flexibility index (Phi) is 4.47. The van der Waals surface area contributed by atoms with Crippen molar-refractivity contribution in [3.8, 4) is 6.01 Å². The quantitative estimate of drug-likeness (QED) is 0.899. The number of anilines is 1. The van der Waals surface area contributed by atoms with Crippen molar-refractivity contribution in [1.82, 2.24) is 9.97 Å². The first kappa shape index (κ1) is 18.0. The van der Waals surface area contributed by atoms with Crippen LogP contribution in [0.25, 0.3) is 0 Å². The Balaban J connectivity index is 2.01. The van der Waals surface area contributed by atoms with Crippen LogP contribution in [0, 0.1) is 6.92 Å². The number of hydrogen-bond acceptors (Lipinski definition) is 5. The summed E-state index contributed by atoms with van der Waals surface area (Å²) in [7, 11) is 1.32. The molecule has 6 nitrogen and oxygen atoms in total. The molecule has 0 amide bonds. The van der Waals surface area contributed by atoms with Crippen molar-refractivity contribution in [1.29, 1.82) is 0 Å². The maximum absolute atomic E-state index is 13.0. The number of rotatable bonds is 3. The van der Waals surface area contributed by atoms with E-state index < -0.39 is 17.7 Å². The minimum atomic E-state index is -4.41. The van der Waals surface area contributed by atoms with E-state index in [-0.39, 0.29) is 18.2 Å². The number of hydrogen-bond donors (Lipinski definition) is 1. The van der Waals surface area contributed by atoms with Crippen molar-refractivity contribution in [3.63, 3.8) is 0 Å². The fraction of sp³-hybridized carbons (Fsp3) is 0.353. The predicted octanol–water partition coefficient (Wildman–Crippen LogP) is 3.07. The van der Waals surface area contributed by atoms with Gasteiger partial charge in [-0.1, -0.05) is 6.07 Å². The van der Waals surface area contributed by atoms with Gasteiger partial charge < -0.3 is 14.7 Å². The van der Waals surface area contributed by atoms with E-state index in [2.05, 4.69) is 9.97 Å². The largest absolute Gasteiger partial charge is 0.476 e. The van der Waals surface area contributed by atoms with Gasteiger partial charge in [0.15, 0.2) is 5.69 Å². The van der Waals surface area contributed by atoms with E-state index in [4.69, 9.17) is 4.74 Å². The van der Waals surface area contributed by atoms with Crippen molar-refractivity contribution in [2.75, 3.05) is 18.6 Å². The third-order valence-electron chi connectivity index (χ3n) is 4.33. The molecule has 1 aliphatic rings. The van der Waals surface area contributed by atoms with E-state index in [9.17, 15) is 23.1 Å². The van der Waals surface area contributed by atoms with Crippen LogP contribution < -0.4 is 9.64 Å². The zero-order valence-corrected chi connectivity index (χ0v) is 14.1. The van der Waals surface area contributed by atoms with Gasteiger partial charge >= 0.3 is 18.2 Å². The van der Waals surface area contributed by atoms with E-state index in [1.54, 1.807) is 11.8 Å². The summed E-state index contributed by atoms with van der Waals surface area (Å²) in [5, 5.41) is 9.30. The molecule has 0 atom stereocenters. The molecule has 9 heteroatoms. The third kappa shape index (κ3) is 3.29. The highest BCUT2D eigenvalue weighted by Crippen LogP contribution is 2.33. The molecule has 1 aromatic carbocycles. The molecule has 1 aliphatic heterocycles. The number of alkyl halides is 3. The molecule has 3 rings (SSSR count). The zero-order chi connectivity index (χ0) is 19.1. The molecular weight excluding hydrogens is 351 g/mol. The Morgan fingerprint density at radius 2 is 2.00 bits per heavy atom. The minimum absolute atomic E-state index is 0.0992. The molecule has 1 N–H and O–H groups in total. The summed E-state index contributed by atoms with van der Waals surface area (Å²) < 4.78 is 43.9. The van der Waals surface area contributed by atoms with Gasteiger partial charge in [0.2, 0.25) is 0 Å². The molecule has 0 spiro atoms. The molecule has 0 unspecified atom stereocenters. The maximum atomic E-state index is 13.0. The summed E-state index contributed by atoms with van der Waals surface area (Å²) in [5.41, 5.74) is 0.822. The Morgan fingerprint density at radius 1 is 1.27 bits per heavy atom. The highest BCUT2D eigenvalue weighted by molar-refractivity contribution is 5.88. The van der Waals surface area contributed by atoms with Crippen molar-refractivity contribution < 1.29 is 27.8 Å². The van der Waals surface area contributed by atoms with E-state index in [0.717, 1.165) is 17.7 Å². The molecule has 1 aromatic heterocycles. The smallest absolute Gasteiger partial charge is 0.416 e. The number of fused-ring (bicyclic) bond motifs is 1. The minimum Gasteiger partial charge on any atom is -0.476 e. The monoisotopic (exact) mass is 367 g/mol. The number of carbonyl (C=O) groups is 1. The number of aromatic nitrogens is 2. The number of aromatic carboxylic acids is 1. The summed E-state index contributed by atoms with van der Waals surface area (Å²) in [4.78, 5) is 21.2. The lowest BCUT2D eigenvalue weighted by Crippen LogP contribution is -2.32. The van der Waals surface area contributed by atoms with Gasteiger partial charge in [-0.25, -0.2) is 4.79 Å². The number of nitrogens with zero attached hydrogens (tertiary/aromatic N) is 3. The second kappa shape index (κ2) is 6.47. The van der Waals surface area contributed by atoms with Crippen molar-refractivity contribution in [2.45, 2.75) is 26.1 Å². The van der Waals surface area contributed by atoms with Gasteiger partial charge in [-0.15, -0.1) is 0 Å². The van der Waals surface area contributed by atoms with Crippen LogP contribution in [0.5, 0.6) is 6.01 Å². The maximum Gasteiger partial charge on any atom is 0.416 e. The van der Waals surface area contributed by atoms with Gasteiger partial charge in [-0.2, -0.15) is 23.1 Å². The average molecular weight is 367 g/mol. The molecule has 2 heterocycles. The molecule has 0 saturated heterocycles. The first-order chi connectivity index (χ1) is 12.2. The molecule has 0 saturated carbocycles. The van der Waals surface area contributed by atoms with Crippen LogP contribution in [0.4, 0.5) is 19.0 Å². The Hall–Kier alpha value is -2.84. The number of halogens is 3. The number of carboxylic acid groups (broad SMARTS) is 1. The van der Waals surface area contributed by atoms with Gasteiger partial charge in [-0.3, -0.25) is 0 Å². The van der Waals surface area contributed by atoms with Gasteiger partial charge in [0.05, 0.1) is 12.7 Å². The molecule has 138 valence electrons. The highest BCUT2D eigenvalue weighted by atomic mass is 19.4. The van der Waals surface area contributed by atoms with Crippen LogP contribution in [0.15, 0.2) is 18.2 Å². The number of methoxy groups -OCH3 is 1. The predicted molar refractivity (Wildman–Crippen MR) is 86.5 cm³/mol. The Morgan fingerprint density at radius 3 is 2.62 bits per heavy atom. The van der Waals surface area contributed by atoms with Crippen LogP contribution in [-0.2, 0) is 19.1 Å². The van der Waals surface area contributed by atoms with Crippen LogP contribution in [0.1, 0.15) is 32.7 Å². The second-order valence-corrected chi connectivity index (χ2v) is 5.97. The summed E-state index contributed by atoms with van der Waals surface area (Å²) in [6, 6.07) is 3.60. The van der Waals surface area contributed by atoms with Gasteiger partial charge in [0.25, 0.3) is 0 Å². The number of benzene rings is 1. The van der Waals surface area contributed by atoms with Gasteiger partial charge in [0.1, 0.15) is 5.82 Å². The average Bonchev–Trinajstić information content (AvgIpc) is 2.60. The third-order valence-corrected chi connectivity index (χ3v) is 4.33. The van der Waals surface area contributed by atoms with E-state index in [1.807, 2.05) is 0 Å². The molecule has 2 aromatic rings. The lowest BCUT2D eigenvalue weighted by Gasteiger charge is -2.31. The normalized spacial score (nSPS) is 14.1. The van der Waals surface area contributed by atoms with Crippen LogP contribution >= 0.6 is 0 Å². The highest BCUT2D eigenvalue weighted by Gasteiger charge is 2.32. The molecule has 26 heavy (non-hydrogen) atoms. The summed E-state index contributed by atoms with van der Waals surface area (Å²) in [6.45, 7) is 2.26. The van der Waals surface area contributed by atoms with Crippen molar-refractivity contribution in [3.05, 3.63) is 46.1 Å². The van der Waals surface area contributed by atoms with Gasteiger partial charge in [0, 0.05) is 18.7 Å². The summed E-state index contributed by atoms with van der Waals surface area (Å²) >= 11 is 0. The first-order valence-electron chi connectivity index (χ1n) is 7.80. The number of ether oxygens (including phenoxy) is 1. The summed E-state index contributed by atoms with van der Waals surface area (Å²) in [5.74, 6) is -0.876. The number of carboxylic acids is 1. The molecule has 0 aliphatic carbocycles. The fourth-order valence-corrected chi connectivity index (χ4v) is 3.01. The van der Waals surface area contributed by atoms with E-state index >= 15 is 0 Å². The van der Waals surface area contributed by atoms with Gasteiger partial charge in [-0.05, 0) is 36.6 Å². The fourth-order valence-electron chi connectivity index (χ4n) is 3.01. The lowest BCUT2D eigenvalue weighted by atomic mass is 9.97. The first-order valence-corrected chi connectivity index (χ1v) is 7.80. The molecule has 0 fully saturated rings. The topological polar surface area (TPSA) is 75.6 Å². The van der Waals surface area contributed by atoms with Crippen molar-refractivity contribution >= 4 is 11.8 Å². The molecule has 0 bridgehead atoms. The SMILES string of the molecule is COc1nc(C(=O)O)c(C)c(N2CCc3ccc(C(F)(F)F)cc3C2)n1. The molecule has 0 radical (unpaired) electrons.